The van der Waals surface area contributed by atoms with Gasteiger partial charge in [-0.2, -0.15) is 0 Å². The number of anilines is 1. The highest BCUT2D eigenvalue weighted by molar-refractivity contribution is 9.08. The minimum Gasteiger partial charge on any atom is -0.369 e. The summed E-state index contributed by atoms with van der Waals surface area (Å²) in [5.41, 5.74) is 1.91. The Labute approximate surface area is 154 Å². The van der Waals surface area contributed by atoms with Gasteiger partial charge in [0.05, 0.1) is 10.7 Å². The van der Waals surface area contributed by atoms with Crippen LogP contribution < -0.4 is 4.90 Å². The molecule has 0 aromatic heterocycles. The summed E-state index contributed by atoms with van der Waals surface area (Å²) in [5, 5.41) is 2.17. The topological polar surface area (TPSA) is 3.24 Å². The number of para-hydroxylation sites is 1. The Kier molecular flexibility index (Phi) is 5.89. The number of piperidine rings is 1. The van der Waals surface area contributed by atoms with E-state index in [0.29, 0.717) is 5.25 Å². The molecule has 0 atom stereocenters. The maximum absolute atomic E-state index is 13.9. The fourth-order valence-electron chi connectivity index (χ4n) is 2.83. The number of thioether (sulfide) groups is 1. The van der Waals surface area contributed by atoms with Crippen molar-refractivity contribution in [1.82, 2.24) is 0 Å². The van der Waals surface area contributed by atoms with Gasteiger partial charge in [-0.3, -0.25) is 0 Å². The van der Waals surface area contributed by atoms with E-state index in [4.69, 9.17) is 11.6 Å². The van der Waals surface area contributed by atoms with Gasteiger partial charge in [-0.25, -0.2) is 4.39 Å². The van der Waals surface area contributed by atoms with Crippen molar-refractivity contribution in [1.29, 1.82) is 0 Å². The first kappa shape index (κ1) is 17.1. The zero-order chi connectivity index (χ0) is 16.2. The molecule has 0 aliphatic carbocycles. The smallest absolute Gasteiger partial charge is 0.146 e. The van der Waals surface area contributed by atoms with E-state index < -0.39 is 0 Å². The highest BCUT2D eigenvalue weighted by atomic mass is 79.9. The molecular formula is C18H18BrClFNS. The fourth-order valence-corrected chi connectivity index (χ4v) is 4.63. The van der Waals surface area contributed by atoms with Crippen molar-refractivity contribution in [2.24, 2.45) is 0 Å². The van der Waals surface area contributed by atoms with E-state index in [9.17, 15) is 4.39 Å². The lowest BCUT2D eigenvalue weighted by Crippen LogP contribution is -2.35. The van der Waals surface area contributed by atoms with Gasteiger partial charge in [-0.05, 0) is 42.7 Å². The largest absolute Gasteiger partial charge is 0.369 e. The Morgan fingerprint density at radius 1 is 1.17 bits per heavy atom. The van der Waals surface area contributed by atoms with Crippen molar-refractivity contribution in [3.05, 3.63) is 58.9 Å². The molecule has 0 bridgehead atoms. The zero-order valence-corrected chi connectivity index (χ0v) is 15.8. The predicted molar refractivity (Wildman–Crippen MR) is 102 cm³/mol. The van der Waals surface area contributed by atoms with E-state index in [-0.39, 0.29) is 5.82 Å². The lowest BCUT2D eigenvalue weighted by Gasteiger charge is -2.33. The van der Waals surface area contributed by atoms with Crippen molar-refractivity contribution in [2.75, 3.05) is 18.0 Å². The van der Waals surface area contributed by atoms with Gasteiger partial charge in [0, 0.05) is 28.6 Å². The number of rotatable bonds is 4. The monoisotopic (exact) mass is 413 g/mol. The SMILES string of the molecule is Fc1ccccc1N1CCC(Sc2ccc(CBr)cc2Cl)CC1. The molecule has 3 rings (SSSR count). The minimum absolute atomic E-state index is 0.132. The standard InChI is InChI=1S/C18H18BrClFNS/c19-12-13-5-6-18(15(20)11-13)23-14-7-9-22(10-8-14)17-4-2-1-3-16(17)21/h1-6,11,14H,7-10,12H2. The molecule has 2 aromatic carbocycles. The second kappa shape index (κ2) is 7.91. The number of halogens is 3. The number of alkyl halides is 1. The highest BCUT2D eigenvalue weighted by Crippen LogP contribution is 2.36. The van der Waals surface area contributed by atoms with E-state index in [2.05, 4.69) is 33.0 Å². The van der Waals surface area contributed by atoms with Crippen LogP contribution in [0, 0.1) is 5.82 Å². The average molecular weight is 415 g/mol. The van der Waals surface area contributed by atoms with Crippen LogP contribution in [0.1, 0.15) is 18.4 Å². The number of hydrogen-bond acceptors (Lipinski definition) is 2. The molecule has 5 heteroatoms. The molecule has 23 heavy (non-hydrogen) atoms. The van der Waals surface area contributed by atoms with Crippen LogP contribution in [-0.4, -0.2) is 18.3 Å². The zero-order valence-electron chi connectivity index (χ0n) is 12.6. The molecule has 122 valence electrons. The molecule has 1 aliphatic rings. The van der Waals surface area contributed by atoms with Crippen LogP contribution in [0.3, 0.4) is 0 Å². The average Bonchev–Trinajstić information content (AvgIpc) is 2.58. The summed E-state index contributed by atoms with van der Waals surface area (Å²) < 4.78 is 13.9. The van der Waals surface area contributed by atoms with Crippen LogP contribution in [0.2, 0.25) is 5.02 Å². The van der Waals surface area contributed by atoms with E-state index in [1.807, 2.05) is 30.0 Å². The molecule has 1 saturated heterocycles. The van der Waals surface area contributed by atoms with Gasteiger partial charge in [0.2, 0.25) is 0 Å². The van der Waals surface area contributed by atoms with Gasteiger partial charge in [-0.15, -0.1) is 11.8 Å². The second-order valence-corrected chi connectivity index (χ2v) is 7.96. The van der Waals surface area contributed by atoms with E-state index >= 15 is 0 Å². The maximum atomic E-state index is 13.9. The Hall–Kier alpha value is -0.710. The van der Waals surface area contributed by atoms with Gasteiger partial charge in [0.25, 0.3) is 0 Å². The Morgan fingerprint density at radius 3 is 2.57 bits per heavy atom. The molecule has 0 amide bonds. The first-order chi connectivity index (χ1) is 11.2. The minimum atomic E-state index is -0.132. The third-order valence-corrected chi connectivity index (χ3v) is 6.57. The van der Waals surface area contributed by atoms with Gasteiger partial charge in [-0.1, -0.05) is 45.7 Å². The number of benzene rings is 2. The molecule has 1 aliphatic heterocycles. The van der Waals surface area contributed by atoms with Crippen molar-refractivity contribution in [3.63, 3.8) is 0 Å². The number of nitrogens with zero attached hydrogens (tertiary/aromatic N) is 1. The van der Waals surface area contributed by atoms with Crippen LogP contribution in [0.25, 0.3) is 0 Å². The van der Waals surface area contributed by atoms with Crippen molar-refractivity contribution < 1.29 is 4.39 Å². The normalized spacial score (nSPS) is 15.9. The number of hydrogen-bond donors (Lipinski definition) is 0. The van der Waals surface area contributed by atoms with Gasteiger partial charge < -0.3 is 4.90 Å². The van der Waals surface area contributed by atoms with Crippen LogP contribution in [0.5, 0.6) is 0 Å². The predicted octanol–water partition coefficient (Wildman–Crippen LogP) is 6.14. The Bertz CT molecular complexity index is 674. The summed E-state index contributed by atoms with van der Waals surface area (Å²) in [5.74, 6) is -0.132. The van der Waals surface area contributed by atoms with Crippen LogP contribution >= 0.6 is 39.3 Å². The van der Waals surface area contributed by atoms with Crippen LogP contribution in [0.4, 0.5) is 10.1 Å². The summed E-state index contributed by atoms with van der Waals surface area (Å²) >= 11 is 11.7. The molecule has 0 unspecified atom stereocenters. The maximum Gasteiger partial charge on any atom is 0.146 e. The molecule has 1 nitrogen and oxygen atoms in total. The first-order valence-electron chi connectivity index (χ1n) is 7.68. The summed E-state index contributed by atoms with van der Waals surface area (Å²) in [7, 11) is 0. The Morgan fingerprint density at radius 2 is 1.91 bits per heavy atom. The van der Waals surface area contributed by atoms with Gasteiger partial charge >= 0.3 is 0 Å². The molecule has 1 heterocycles. The summed E-state index contributed by atoms with van der Waals surface area (Å²) in [6.07, 6.45) is 2.07. The molecular weight excluding hydrogens is 397 g/mol. The summed E-state index contributed by atoms with van der Waals surface area (Å²) in [6.45, 7) is 1.77. The highest BCUT2D eigenvalue weighted by Gasteiger charge is 2.22. The van der Waals surface area contributed by atoms with Crippen molar-refractivity contribution in [3.8, 4) is 0 Å². The van der Waals surface area contributed by atoms with E-state index in [1.54, 1.807) is 6.07 Å². The van der Waals surface area contributed by atoms with Crippen LogP contribution in [0.15, 0.2) is 47.4 Å². The first-order valence-corrected chi connectivity index (χ1v) is 10.1. The Balaban J connectivity index is 1.60. The molecule has 2 aromatic rings. The van der Waals surface area contributed by atoms with Gasteiger partial charge in [0.15, 0.2) is 0 Å². The lowest BCUT2D eigenvalue weighted by atomic mass is 10.1. The molecule has 1 fully saturated rings. The van der Waals surface area contributed by atoms with E-state index in [1.165, 1.54) is 11.6 Å². The van der Waals surface area contributed by atoms with Crippen LogP contribution in [-0.2, 0) is 5.33 Å². The third kappa shape index (κ3) is 4.23. The molecule has 0 spiro atoms. The lowest BCUT2D eigenvalue weighted by molar-refractivity contribution is 0.566. The second-order valence-electron chi connectivity index (χ2n) is 5.65. The van der Waals surface area contributed by atoms with Gasteiger partial charge in [0.1, 0.15) is 5.82 Å². The van der Waals surface area contributed by atoms with E-state index in [0.717, 1.165) is 46.9 Å². The molecule has 0 saturated carbocycles. The van der Waals surface area contributed by atoms with Crippen molar-refractivity contribution >= 4 is 45.0 Å². The summed E-state index contributed by atoms with van der Waals surface area (Å²) in [6, 6.07) is 13.3. The quantitative estimate of drug-likeness (QED) is 0.553. The molecule has 0 N–H and O–H groups in total. The van der Waals surface area contributed by atoms with Crippen molar-refractivity contribution in [2.45, 2.75) is 28.3 Å². The molecule has 0 radical (unpaired) electrons. The summed E-state index contributed by atoms with van der Waals surface area (Å²) in [4.78, 5) is 3.28. The fraction of sp³-hybridized carbons (Fsp3) is 0.333. The third-order valence-electron chi connectivity index (χ3n) is 4.08.